The number of nitrogens with zero attached hydrogens (tertiary/aromatic N) is 1. The molecule has 1 heterocycles. The molecule has 1 atom stereocenters. The van der Waals surface area contributed by atoms with Gasteiger partial charge in [-0.15, -0.1) is 0 Å². The van der Waals surface area contributed by atoms with Crippen LogP contribution in [-0.2, 0) is 4.79 Å². The predicted octanol–water partition coefficient (Wildman–Crippen LogP) is 0.264. The number of carboxylic acid groups (broad SMARTS) is 1. The van der Waals surface area contributed by atoms with E-state index in [1.54, 1.807) is 26.0 Å². The lowest BCUT2D eigenvalue weighted by atomic mass is 10.1. The van der Waals surface area contributed by atoms with Crippen LogP contribution in [0.15, 0.2) is 12.1 Å². The number of rotatable bonds is 5. The Morgan fingerprint density at radius 3 is 2.56 bits per heavy atom. The number of aliphatic carboxylic acids is 1. The van der Waals surface area contributed by atoms with E-state index < -0.39 is 17.9 Å². The Morgan fingerprint density at radius 1 is 1.39 bits per heavy atom. The van der Waals surface area contributed by atoms with E-state index in [2.05, 4.69) is 10.3 Å². The zero-order valence-electron chi connectivity index (χ0n) is 10.3. The SMILES string of the molecule is Cc1ccc(C(=O)NC(CCO)C(=O)O)c(C)n1. The third-order valence-electron chi connectivity index (χ3n) is 2.49. The van der Waals surface area contributed by atoms with E-state index in [1.807, 2.05) is 0 Å². The topological polar surface area (TPSA) is 99.5 Å². The maximum atomic E-state index is 11.9. The minimum absolute atomic E-state index is 0.0284. The first-order valence-corrected chi connectivity index (χ1v) is 5.54. The highest BCUT2D eigenvalue weighted by atomic mass is 16.4. The molecule has 0 aliphatic carbocycles. The second-order valence-electron chi connectivity index (χ2n) is 3.96. The van der Waals surface area contributed by atoms with Crippen molar-refractivity contribution >= 4 is 11.9 Å². The van der Waals surface area contributed by atoms with Crippen LogP contribution >= 0.6 is 0 Å². The van der Waals surface area contributed by atoms with Crippen LogP contribution in [0, 0.1) is 13.8 Å². The van der Waals surface area contributed by atoms with E-state index in [1.165, 1.54) is 0 Å². The van der Waals surface area contributed by atoms with Crippen molar-refractivity contribution in [2.75, 3.05) is 6.61 Å². The highest BCUT2D eigenvalue weighted by Gasteiger charge is 2.21. The lowest BCUT2D eigenvalue weighted by molar-refractivity contribution is -0.139. The van der Waals surface area contributed by atoms with Crippen LogP contribution in [0.5, 0.6) is 0 Å². The number of carboxylic acids is 1. The van der Waals surface area contributed by atoms with Crippen molar-refractivity contribution in [1.29, 1.82) is 0 Å². The molecule has 0 fully saturated rings. The summed E-state index contributed by atoms with van der Waals surface area (Å²) < 4.78 is 0. The van der Waals surface area contributed by atoms with Crippen LogP contribution in [0.3, 0.4) is 0 Å². The number of hydrogen-bond acceptors (Lipinski definition) is 4. The lowest BCUT2D eigenvalue weighted by Crippen LogP contribution is -2.41. The lowest BCUT2D eigenvalue weighted by Gasteiger charge is -2.14. The van der Waals surface area contributed by atoms with Crippen molar-refractivity contribution in [1.82, 2.24) is 10.3 Å². The van der Waals surface area contributed by atoms with Gasteiger partial charge in [0.1, 0.15) is 6.04 Å². The maximum absolute atomic E-state index is 11.9. The van der Waals surface area contributed by atoms with Crippen molar-refractivity contribution < 1.29 is 19.8 Å². The molecule has 1 aromatic heterocycles. The Hall–Kier alpha value is -1.95. The zero-order chi connectivity index (χ0) is 13.7. The Kier molecular flexibility index (Phi) is 4.79. The standard InChI is InChI=1S/C12H16N2O4/c1-7-3-4-9(8(2)13-7)11(16)14-10(5-6-15)12(17)18/h3-4,10,15H,5-6H2,1-2H3,(H,14,16)(H,17,18). The number of amides is 1. The number of carbonyl (C=O) groups excluding carboxylic acids is 1. The predicted molar refractivity (Wildman–Crippen MR) is 64.3 cm³/mol. The minimum Gasteiger partial charge on any atom is -0.480 e. The van der Waals surface area contributed by atoms with E-state index in [4.69, 9.17) is 10.2 Å². The van der Waals surface area contributed by atoms with Crippen LogP contribution in [0.4, 0.5) is 0 Å². The van der Waals surface area contributed by atoms with Crippen molar-refractivity contribution in [3.05, 3.63) is 29.1 Å². The quantitative estimate of drug-likeness (QED) is 0.698. The third kappa shape index (κ3) is 3.53. The first-order chi connectivity index (χ1) is 8.45. The van der Waals surface area contributed by atoms with E-state index in [0.29, 0.717) is 11.3 Å². The van der Waals surface area contributed by atoms with Gasteiger partial charge in [-0.3, -0.25) is 9.78 Å². The molecule has 6 nitrogen and oxygen atoms in total. The Morgan fingerprint density at radius 2 is 2.06 bits per heavy atom. The molecule has 0 saturated carbocycles. The molecule has 0 saturated heterocycles. The Labute approximate surface area is 105 Å². The second kappa shape index (κ2) is 6.11. The molecular weight excluding hydrogens is 236 g/mol. The average Bonchev–Trinajstić information content (AvgIpc) is 2.27. The average molecular weight is 252 g/mol. The van der Waals surface area contributed by atoms with Gasteiger partial charge in [-0.25, -0.2) is 4.79 Å². The van der Waals surface area contributed by atoms with E-state index >= 15 is 0 Å². The molecule has 1 unspecified atom stereocenters. The number of aliphatic hydroxyl groups excluding tert-OH is 1. The van der Waals surface area contributed by atoms with E-state index in [9.17, 15) is 9.59 Å². The van der Waals surface area contributed by atoms with E-state index in [0.717, 1.165) is 5.69 Å². The first kappa shape index (κ1) is 14.1. The van der Waals surface area contributed by atoms with Gasteiger partial charge < -0.3 is 15.5 Å². The number of carbonyl (C=O) groups is 2. The molecule has 0 aliphatic heterocycles. The molecule has 18 heavy (non-hydrogen) atoms. The molecule has 0 aliphatic rings. The number of aromatic nitrogens is 1. The fourth-order valence-corrected chi connectivity index (χ4v) is 1.55. The van der Waals surface area contributed by atoms with Gasteiger partial charge in [0.15, 0.2) is 0 Å². The van der Waals surface area contributed by atoms with Crippen LogP contribution in [0.2, 0.25) is 0 Å². The summed E-state index contributed by atoms with van der Waals surface area (Å²) in [6.45, 7) is 3.19. The number of aryl methyl sites for hydroxylation is 2. The number of aliphatic hydroxyl groups is 1. The van der Waals surface area contributed by atoms with Crippen molar-refractivity contribution in [3.8, 4) is 0 Å². The zero-order valence-corrected chi connectivity index (χ0v) is 10.3. The summed E-state index contributed by atoms with van der Waals surface area (Å²) in [4.78, 5) is 26.9. The Balaban J connectivity index is 2.83. The summed E-state index contributed by atoms with van der Waals surface area (Å²) in [6, 6.07) is 2.19. The van der Waals surface area contributed by atoms with Gasteiger partial charge >= 0.3 is 5.97 Å². The van der Waals surface area contributed by atoms with Crippen molar-refractivity contribution in [2.45, 2.75) is 26.3 Å². The summed E-state index contributed by atoms with van der Waals surface area (Å²) >= 11 is 0. The van der Waals surface area contributed by atoms with Gasteiger partial charge in [-0.05, 0) is 26.0 Å². The van der Waals surface area contributed by atoms with Gasteiger partial charge in [-0.1, -0.05) is 0 Å². The third-order valence-corrected chi connectivity index (χ3v) is 2.49. The molecule has 1 rings (SSSR count). The smallest absolute Gasteiger partial charge is 0.326 e. The van der Waals surface area contributed by atoms with Crippen LogP contribution in [-0.4, -0.2) is 39.7 Å². The number of pyridine rings is 1. The van der Waals surface area contributed by atoms with Gasteiger partial charge in [0.2, 0.25) is 0 Å². The van der Waals surface area contributed by atoms with Crippen LogP contribution in [0.1, 0.15) is 28.2 Å². The fourth-order valence-electron chi connectivity index (χ4n) is 1.55. The largest absolute Gasteiger partial charge is 0.480 e. The molecule has 1 aromatic rings. The summed E-state index contributed by atoms with van der Waals surface area (Å²) in [5, 5.41) is 20.0. The molecule has 6 heteroatoms. The van der Waals surface area contributed by atoms with Gasteiger partial charge in [0, 0.05) is 18.7 Å². The second-order valence-corrected chi connectivity index (χ2v) is 3.96. The number of nitrogens with one attached hydrogen (secondary N) is 1. The normalized spacial score (nSPS) is 11.9. The monoisotopic (exact) mass is 252 g/mol. The van der Waals surface area contributed by atoms with Gasteiger partial charge in [-0.2, -0.15) is 0 Å². The summed E-state index contributed by atoms with van der Waals surface area (Å²) in [7, 11) is 0. The van der Waals surface area contributed by atoms with Crippen LogP contribution < -0.4 is 5.32 Å². The molecular formula is C12H16N2O4. The van der Waals surface area contributed by atoms with Crippen molar-refractivity contribution in [2.24, 2.45) is 0 Å². The minimum atomic E-state index is -1.17. The summed E-state index contributed by atoms with van der Waals surface area (Å²) in [5.74, 6) is -1.67. The van der Waals surface area contributed by atoms with Gasteiger partial charge in [0.05, 0.1) is 11.3 Å². The van der Waals surface area contributed by atoms with E-state index in [-0.39, 0.29) is 13.0 Å². The summed E-state index contributed by atoms with van der Waals surface area (Å²) in [5.41, 5.74) is 1.67. The highest BCUT2D eigenvalue weighted by Crippen LogP contribution is 2.07. The molecule has 0 radical (unpaired) electrons. The van der Waals surface area contributed by atoms with Crippen molar-refractivity contribution in [3.63, 3.8) is 0 Å². The summed E-state index contributed by atoms with van der Waals surface area (Å²) in [6.07, 6.45) is -0.0284. The fraction of sp³-hybridized carbons (Fsp3) is 0.417. The first-order valence-electron chi connectivity index (χ1n) is 5.54. The molecule has 1 amide bonds. The molecule has 0 bridgehead atoms. The highest BCUT2D eigenvalue weighted by molar-refractivity contribution is 5.97. The molecule has 98 valence electrons. The molecule has 0 aromatic carbocycles. The maximum Gasteiger partial charge on any atom is 0.326 e. The van der Waals surface area contributed by atoms with Gasteiger partial charge in [0.25, 0.3) is 5.91 Å². The molecule has 0 spiro atoms. The Bertz CT molecular complexity index is 459. The van der Waals surface area contributed by atoms with Crippen LogP contribution in [0.25, 0.3) is 0 Å². The number of hydrogen-bond donors (Lipinski definition) is 3. The molecule has 3 N–H and O–H groups in total.